The van der Waals surface area contributed by atoms with E-state index in [9.17, 15) is 4.79 Å². The minimum atomic E-state index is -0.600. The average Bonchev–Trinajstić information content (AvgIpc) is 2.29. The van der Waals surface area contributed by atoms with Gasteiger partial charge in [0.05, 0.1) is 5.92 Å². The van der Waals surface area contributed by atoms with Crippen LogP contribution in [0.4, 0.5) is 0 Å². The summed E-state index contributed by atoms with van der Waals surface area (Å²) >= 11 is 0. The fraction of sp³-hybridized carbons (Fsp3) is 0.923. The highest BCUT2D eigenvalue weighted by molar-refractivity contribution is 5.70. The number of hydrogen-bond donors (Lipinski definition) is 1. The van der Waals surface area contributed by atoms with Crippen LogP contribution in [0.15, 0.2) is 0 Å². The van der Waals surface area contributed by atoms with E-state index in [-0.39, 0.29) is 5.92 Å². The van der Waals surface area contributed by atoms with Crippen LogP contribution >= 0.6 is 0 Å². The fourth-order valence-corrected chi connectivity index (χ4v) is 3.25. The van der Waals surface area contributed by atoms with Gasteiger partial charge in [0, 0.05) is 6.04 Å². The second kappa shape index (κ2) is 5.17. The summed E-state index contributed by atoms with van der Waals surface area (Å²) in [5, 5.41) is 8.96. The van der Waals surface area contributed by atoms with E-state index in [2.05, 4.69) is 11.8 Å². The van der Waals surface area contributed by atoms with E-state index in [4.69, 9.17) is 5.11 Å². The molecule has 2 rings (SSSR count). The zero-order chi connectivity index (χ0) is 11.5. The molecule has 1 aliphatic carbocycles. The van der Waals surface area contributed by atoms with Crippen molar-refractivity contribution in [1.29, 1.82) is 0 Å². The summed E-state index contributed by atoms with van der Waals surface area (Å²) in [4.78, 5) is 13.4. The number of hydrogen-bond acceptors (Lipinski definition) is 2. The van der Waals surface area contributed by atoms with E-state index in [1.54, 1.807) is 0 Å². The maximum Gasteiger partial charge on any atom is 0.306 e. The molecule has 0 aromatic heterocycles. The van der Waals surface area contributed by atoms with Crippen LogP contribution in [0.3, 0.4) is 0 Å². The molecule has 1 aliphatic heterocycles. The molecule has 16 heavy (non-hydrogen) atoms. The number of nitrogens with zero attached hydrogens (tertiary/aromatic N) is 1. The Morgan fingerprint density at radius 1 is 1.19 bits per heavy atom. The monoisotopic (exact) mass is 225 g/mol. The zero-order valence-corrected chi connectivity index (χ0v) is 10.2. The third-order valence-electron chi connectivity index (χ3n) is 4.30. The molecular weight excluding hydrogens is 202 g/mol. The Bertz CT molecular complexity index is 246. The Kier molecular flexibility index (Phi) is 3.85. The van der Waals surface area contributed by atoms with Crippen LogP contribution in [0.25, 0.3) is 0 Å². The summed E-state index contributed by atoms with van der Waals surface area (Å²) < 4.78 is 0. The Balaban J connectivity index is 1.81. The predicted molar refractivity (Wildman–Crippen MR) is 63.4 cm³/mol. The fourth-order valence-electron chi connectivity index (χ4n) is 3.25. The molecule has 2 fully saturated rings. The molecule has 0 spiro atoms. The molecular formula is C13H23NO2. The first-order valence-corrected chi connectivity index (χ1v) is 6.63. The molecule has 3 nitrogen and oxygen atoms in total. The normalized spacial score (nSPS) is 33.8. The SMILES string of the molecule is CC1CCCC(N2CCC(C(=O)O)CC2)C1. The number of carboxylic acid groups (broad SMARTS) is 1. The first-order chi connectivity index (χ1) is 7.66. The van der Waals surface area contributed by atoms with Gasteiger partial charge in [0.1, 0.15) is 0 Å². The molecule has 1 saturated heterocycles. The summed E-state index contributed by atoms with van der Waals surface area (Å²) in [5.74, 6) is 0.171. The average molecular weight is 225 g/mol. The second-order valence-electron chi connectivity index (χ2n) is 5.57. The van der Waals surface area contributed by atoms with Crippen molar-refractivity contribution in [3.05, 3.63) is 0 Å². The Hall–Kier alpha value is -0.570. The van der Waals surface area contributed by atoms with Gasteiger partial charge >= 0.3 is 5.97 Å². The molecule has 2 atom stereocenters. The van der Waals surface area contributed by atoms with Gasteiger partial charge in [-0.05, 0) is 44.7 Å². The lowest BCUT2D eigenvalue weighted by molar-refractivity contribution is -0.143. The quantitative estimate of drug-likeness (QED) is 0.784. The summed E-state index contributed by atoms with van der Waals surface area (Å²) in [7, 11) is 0. The molecule has 0 radical (unpaired) electrons. The van der Waals surface area contributed by atoms with Gasteiger partial charge in [0.15, 0.2) is 0 Å². The van der Waals surface area contributed by atoms with Gasteiger partial charge in [-0.25, -0.2) is 0 Å². The number of rotatable bonds is 2. The first kappa shape index (κ1) is 11.9. The molecule has 0 amide bonds. The maximum atomic E-state index is 10.9. The molecule has 0 aromatic carbocycles. The summed E-state index contributed by atoms with van der Waals surface area (Å²) in [6.07, 6.45) is 7.06. The van der Waals surface area contributed by atoms with E-state index in [0.717, 1.165) is 37.9 Å². The summed E-state index contributed by atoms with van der Waals surface area (Å²) in [6.45, 7) is 4.33. The van der Waals surface area contributed by atoms with Crippen molar-refractivity contribution in [2.45, 2.75) is 51.5 Å². The lowest BCUT2D eigenvalue weighted by atomic mass is 9.84. The smallest absolute Gasteiger partial charge is 0.306 e. The van der Waals surface area contributed by atoms with Crippen molar-refractivity contribution >= 4 is 5.97 Å². The Labute approximate surface area is 97.8 Å². The highest BCUT2D eigenvalue weighted by Gasteiger charge is 2.30. The number of likely N-dealkylation sites (tertiary alicyclic amines) is 1. The van der Waals surface area contributed by atoms with Crippen LogP contribution in [0.5, 0.6) is 0 Å². The Morgan fingerprint density at radius 2 is 1.88 bits per heavy atom. The second-order valence-corrected chi connectivity index (χ2v) is 5.57. The number of aliphatic carboxylic acids is 1. The number of carbonyl (C=O) groups is 1. The van der Waals surface area contributed by atoms with Crippen LogP contribution in [0, 0.1) is 11.8 Å². The van der Waals surface area contributed by atoms with Crippen molar-refractivity contribution in [1.82, 2.24) is 4.90 Å². The Morgan fingerprint density at radius 3 is 2.44 bits per heavy atom. The highest BCUT2D eigenvalue weighted by Crippen LogP contribution is 2.30. The van der Waals surface area contributed by atoms with Crippen LogP contribution in [0.2, 0.25) is 0 Å². The van der Waals surface area contributed by atoms with Gasteiger partial charge in [-0.15, -0.1) is 0 Å². The summed E-state index contributed by atoms with van der Waals surface area (Å²) in [6, 6.07) is 0.735. The summed E-state index contributed by atoms with van der Waals surface area (Å²) in [5.41, 5.74) is 0. The number of piperidine rings is 1. The van der Waals surface area contributed by atoms with Crippen molar-refractivity contribution in [2.24, 2.45) is 11.8 Å². The zero-order valence-electron chi connectivity index (χ0n) is 10.2. The van der Waals surface area contributed by atoms with Crippen LogP contribution in [0.1, 0.15) is 45.4 Å². The van der Waals surface area contributed by atoms with E-state index in [1.165, 1.54) is 25.7 Å². The van der Waals surface area contributed by atoms with Gasteiger partial charge in [-0.2, -0.15) is 0 Å². The molecule has 1 N–H and O–H groups in total. The van der Waals surface area contributed by atoms with Gasteiger partial charge in [-0.1, -0.05) is 19.8 Å². The van der Waals surface area contributed by atoms with E-state index < -0.39 is 5.97 Å². The van der Waals surface area contributed by atoms with Gasteiger partial charge < -0.3 is 10.0 Å². The van der Waals surface area contributed by atoms with Crippen LogP contribution < -0.4 is 0 Å². The lowest BCUT2D eigenvalue weighted by Crippen LogP contribution is -2.44. The molecule has 92 valence electrons. The van der Waals surface area contributed by atoms with Gasteiger partial charge in [-0.3, -0.25) is 4.79 Å². The number of carboxylic acids is 1. The third-order valence-corrected chi connectivity index (χ3v) is 4.30. The minimum Gasteiger partial charge on any atom is -0.481 e. The van der Waals surface area contributed by atoms with E-state index in [0.29, 0.717) is 0 Å². The van der Waals surface area contributed by atoms with Crippen molar-refractivity contribution in [3.63, 3.8) is 0 Å². The van der Waals surface area contributed by atoms with Crippen LogP contribution in [-0.2, 0) is 4.79 Å². The minimum absolute atomic E-state index is 0.0859. The van der Waals surface area contributed by atoms with Gasteiger partial charge in [0.25, 0.3) is 0 Å². The molecule has 3 heteroatoms. The molecule has 1 saturated carbocycles. The topological polar surface area (TPSA) is 40.5 Å². The molecule has 0 bridgehead atoms. The van der Waals surface area contributed by atoms with Crippen molar-refractivity contribution in [2.75, 3.05) is 13.1 Å². The van der Waals surface area contributed by atoms with E-state index >= 15 is 0 Å². The first-order valence-electron chi connectivity index (χ1n) is 6.63. The molecule has 2 aliphatic rings. The predicted octanol–water partition coefficient (Wildman–Crippen LogP) is 2.36. The standard InChI is InChI=1S/C13H23NO2/c1-10-3-2-4-12(9-10)14-7-5-11(6-8-14)13(15)16/h10-12H,2-9H2,1H3,(H,15,16). The van der Waals surface area contributed by atoms with E-state index in [1.807, 2.05) is 0 Å². The van der Waals surface area contributed by atoms with Crippen molar-refractivity contribution in [3.8, 4) is 0 Å². The van der Waals surface area contributed by atoms with Gasteiger partial charge in [0.2, 0.25) is 0 Å². The van der Waals surface area contributed by atoms with Crippen LogP contribution in [-0.4, -0.2) is 35.1 Å². The molecule has 2 unspecified atom stereocenters. The largest absolute Gasteiger partial charge is 0.481 e. The third kappa shape index (κ3) is 2.76. The molecule has 1 heterocycles. The molecule has 0 aromatic rings. The highest BCUT2D eigenvalue weighted by atomic mass is 16.4. The lowest BCUT2D eigenvalue weighted by Gasteiger charge is -2.40. The van der Waals surface area contributed by atoms with Crippen molar-refractivity contribution < 1.29 is 9.90 Å². The maximum absolute atomic E-state index is 10.9.